The van der Waals surface area contributed by atoms with Crippen molar-refractivity contribution < 1.29 is 18.7 Å². The van der Waals surface area contributed by atoms with Gasteiger partial charge >= 0.3 is 0 Å². The second kappa shape index (κ2) is 10.6. The summed E-state index contributed by atoms with van der Waals surface area (Å²) in [7, 11) is 1.48. The predicted octanol–water partition coefficient (Wildman–Crippen LogP) is 5.99. The van der Waals surface area contributed by atoms with E-state index in [2.05, 4.69) is 27.3 Å². The summed E-state index contributed by atoms with van der Waals surface area (Å²) in [6, 6.07) is 18.7. The van der Waals surface area contributed by atoms with E-state index in [9.17, 15) is 14.4 Å². The molecule has 1 N–H and O–H groups in total. The molecule has 0 spiro atoms. The molecule has 32 heavy (non-hydrogen) atoms. The molecule has 0 atom stereocenters. The summed E-state index contributed by atoms with van der Waals surface area (Å²) in [6.07, 6.45) is 1.62. The van der Waals surface area contributed by atoms with Gasteiger partial charge in [-0.2, -0.15) is 5.26 Å². The molecule has 0 radical (unpaired) electrons. The Hall–Kier alpha value is -3.63. The number of nitrogens with zero attached hydrogens (tertiary/aromatic N) is 1. The third-order valence-corrected chi connectivity index (χ3v) is 5.22. The highest BCUT2D eigenvalue weighted by Crippen LogP contribution is 2.35. The Balaban J connectivity index is 1.78. The molecular formula is C25H20BrFN2O3. The average Bonchev–Trinajstić information content (AvgIpc) is 2.78. The van der Waals surface area contributed by atoms with Crippen molar-refractivity contribution in [3.8, 4) is 17.6 Å². The topological polar surface area (TPSA) is 71.3 Å². The third-order valence-electron chi connectivity index (χ3n) is 4.53. The molecule has 0 saturated heterocycles. The van der Waals surface area contributed by atoms with Crippen molar-refractivity contribution in [3.05, 3.63) is 87.6 Å². The first-order chi connectivity index (χ1) is 15.4. The van der Waals surface area contributed by atoms with Crippen LogP contribution in [-0.2, 0) is 4.79 Å². The van der Waals surface area contributed by atoms with E-state index in [4.69, 9.17) is 9.47 Å². The first kappa shape index (κ1) is 23.0. The van der Waals surface area contributed by atoms with Gasteiger partial charge in [0.2, 0.25) is 0 Å². The van der Waals surface area contributed by atoms with E-state index in [0.717, 1.165) is 5.56 Å². The van der Waals surface area contributed by atoms with E-state index in [1.807, 2.05) is 31.2 Å². The number of ether oxygens (including phenoxy) is 2. The molecule has 0 fully saturated rings. The first-order valence-electron chi connectivity index (χ1n) is 9.64. The van der Waals surface area contributed by atoms with Gasteiger partial charge in [0, 0.05) is 10.2 Å². The number of amides is 1. The monoisotopic (exact) mass is 494 g/mol. The van der Waals surface area contributed by atoms with Crippen molar-refractivity contribution in [1.82, 2.24) is 0 Å². The second-order valence-electron chi connectivity index (χ2n) is 6.91. The standard InChI is InChI=1S/C25H20BrFN2O3/c1-16-6-8-21(9-7-16)29-25(30)15-32-24-13-22(26)18(12-23(24)31-2)10-19(14-28)17-4-3-5-20(27)11-17/h3-13H,15H2,1-2H3,(H,29,30)/b19-10-. The van der Waals surface area contributed by atoms with Crippen LogP contribution in [0.2, 0.25) is 0 Å². The highest BCUT2D eigenvalue weighted by molar-refractivity contribution is 9.10. The van der Waals surface area contributed by atoms with E-state index < -0.39 is 5.82 Å². The van der Waals surface area contributed by atoms with Gasteiger partial charge in [-0.3, -0.25) is 4.79 Å². The minimum Gasteiger partial charge on any atom is -0.493 e. The first-order valence-corrected chi connectivity index (χ1v) is 10.4. The number of carbonyl (C=O) groups excluding carboxylic acids is 1. The van der Waals surface area contributed by atoms with Crippen molar-refractivity contribution in [2.75, 3.05) is 19.0 Å². The summed E-state index contributed by atoms with van der Waals surface area (Å²) in [5.74, 6) is 0.0146. The highest BCUT2D eigenvalue weighted by atomic mass is 79.9. The van der Waals surface area contributed by atoms with Crippen LogP contribution in [0.15, 0.2) is 65.1 Å². The Morgan fingerprint density at radius 3 is 2.56 bits per heavy atom. The highest BCUT2D eigenvalue weighted by Gasteiger charge is 2.13. The Bertz CT molecular complexity index is 1200. The van der Waals surface area contributed by atoms with Gasteiger partial charge in [0.1, 0.15) is 5.82 Å². The number of benzene rings is 3. The number of allylic oxidation sites excluding steroid dienone is 1. The van der Waals surface area contributed by atoms with Crippen molar-refractivity contribution >= 4 is 39.2 Å². The number of methoxy groups -OCH3 is 1. The Morgan fingerprint density at radius 1 is 1.16 bits per heavy atom. The third kappa shape index (κ3) is 5.96. The van der Waals surface area contributed by atoms with Crippen LogP contribution in [-0.4, -0.2) is 19.6 Å². The fourth-order valence-electron chi connectivity index (χ4n) is 2.90. The van der Waals surface area contributed by atoms with Crippen molar-refractivity contribution in [2.24, 2.45) is 0 Å². The lowest BCUT2D eigenvalue weighted by atomic mass is 10.0. The van der Waals surface area contributed by atoms with Crippen molar-refractivity contribution in [2.45, 2.75) is 6.92 Å². The summed E-state index contributed by atoms with van der Waals surface area (Å²) < 4.78 is 25.2. The lowest BCUT2D eigenvalue weighted by molar-refractivity contribution is -0.118. The maximum Gasteiger partial charge on any atom is 0.262 e. The van der Waals surface area contributed by atoms with Crippen molar-refractivity contribution in [3.63, 3.8) is 0 Å². The molecule has 3 rings (SSSR count). The van der Waals surface area contributed by atoms with Gasteiger partial charge in [-0.15, -0.1) is 0 Å². The molecule has 0 unspecified atom stereocenters. The van der Waals surface area contributed by atoms with Gasteiger partial charge in [-0.1, -0.05) is 45.8 Å². The van der Waals surface area contributed by atoms with Crippen LogP contribution >= 0.6 is 15.9 Å². The Kier molecular flexibility index (Phi) is 7.63. The van der Waals surface area contributed by atoms with Gasteiger partial charge < -0.3 is 14.8 Å². The summed E-state index contributed by atoms with van der Waals surface area (Å²) in [6.45, 7) is 1.76. The molecule has 0 aliphatic carbocycles. The van der Waals surface area contributed by atoms with Gasteiger partial charge in [0.25, 0.3) is 5.91 Å². The van der Waals surface area contributed by atoms with Gasteiger partial charge in [-0.25, -0.2) is 4.39 Å². The van der Waals surface area contributed by atoms with Crippen LogP contribution in [0, 0.1) is 24.1 Å². The molecule has 0 aromatic heterocycles. The summed E-state index contributed by atoms with van der Waals surface area (Å²) in [5.41, 5.74) is 3.17. The molecule has 0 saturated carbocycles. The number of carbonyl (C=O) groups is 1. The van der Waals surface area contributed by atoms with E-state index >= 15 is 0 Å². The average molecular weight is 495 g/mol. The molecule has 7 heteroatoms. The van der Waals surface area contributed by atoms with Crippen LogP contribution < -0.4 is 14.8 Å². The van der Waals surface area contributed by atoms with Gasteiger partial charge in [0.05, 0.1) is 18.8 Å². The van der Waals surface area contributed by atoms with E-state index in [-0.39, 0.29) is 12.5 Å². The fourth-order valence-corrected chi connectivity index (χ4v) is 3.34. The Labute approximate surface area is 194 Å². The van der Waals surface area contributed by atoms with E-state index in [1.54, 1.807) is 30.3 Å². The van der Waals surface area contributed by atoms with Crippen LogP contribution in [0.3, 0.4) is 0 Å². The predicted molar refractivity (Wildman–Crippen MR) is 126 cm³/mol. The normalized spacial score (nSPS) is 10.9. The maximum atomic E-state index is 13.5. The minimum atomic E-state index is -0.423. The number of rotatable bonds is 7. The molecule has 162 valence electrons. The number of aryl methyl sites for hydroxylation is 1. The molecule has 1 amide bonds. The fraction of sp³-hybridized carbons (Fsp3) is 0.120. The number of nitriles is 1. The number of hydrogen-bond acceptors (Lipinski definition) is 4. The zero-order valence-corrected chi connectivity index (χ0v) is 19.1. The summed E-state index contributed by atoms with van der Waals surface area (Å²) in [4.78, 5) is 12.2. The zero-order chi connectivity index (χ0) is 23.1. The number of halogens is 2. The second-order valence-corrected chi connectivity index (χ2v) is 7.76. The molecule has 3 aromatic carbocycles. The molecule has 0 heterocycles. The van der Waals surface area contributed by atoms with E-state index in [0.29, 0.717) is 38.4 Å². The van der Waals surface area contributed by atoms with Crippen LogP contribution in [0.25, 0.3) is 11.6 Å². The molecule has 0 bridgehead atoms. The number of nitrogens with one attached hydrogen (secondary N) is 1. The van der Waals surface area contributed by atoms with Crippen LogP contribution in [0.5, 0.6) is 11.5 Å². The smallest absolute Gasteiger partial charge is 0.262 e. The molecule has 0 aliphatic heterocycles. The molecule has 3 aromatic rings. The molecule has 5 nitrogen and oxygen atoms in total. The number of anilines is 1. The SMILES string of the molecule is COc1cc(/C=C(/C#N)c2cccc(F)c2)c(Br)cc1OCC(=O)Nc1ccc(C)cc1. The zero-order valence-electron chi connectivity index (χ0n) is 17.5. The lowest BCUT2D eigenvalue weighted by Gasteiger charge is -2.13. The minimum absolute atomic E-state index is 0.210. The summed E-state index contributed by atoms with van der Waals surface area (Å²) >= 11 is 3.46. The van der Waals surface area contributed by atoms with Crippen molar-refractivity contribution in [1.29, 1.82) is 5.26 Å². The van der Waals surface area contributed by atoms with Gasteiger partial charge in [-0.05, 0) is 60.5 Å². The van der Waals surface area contributed by atoms with Gasteiger partial charge in [0.15, 0.2) is 18.1 Å². The van der Waals surface area contributed by atoms with Crippen LogP contribution in [0.1, 0.15) is 16.7 Å². The molecule has 0 aliphatic rings. The Morgan fingerprint density at radius 2 is 1.91 bits per heavy atom. The molecular weight excluding hydrogens is 475 g/mol. The summed E-state index contributed by atoms with van der Waals surface area (Å²) in [5, 5.41) is 12.3. The quantitative estimate of drug-likeness (QED) is 0.323. The number of hydrogen-bond donors (Lipinski definition) is 1. The van der Waals surface area contributed by atoms with Crippen LogP contribution in [0.4, 0.5) is 10.1 Å². The van der Waals surface area contributed by atoms with E-state index in [1.165, 1.54) is 19.2 Å². The largest absolute Gasteiger partial charge is 0.493 e. The maximum absolute atomic E-state index is 13.5. The lowest BCUT2D eigenvalue weighted by Crippen LogP contribution is -2.20.